The van der Waals surface area contributed by atoms with E-state index in [1.165, 1.54) is 24.8 Å². The molecule has 28 heavy (non-hydrogen) atoms. The van der Waals surface area contributed by atoms with E-state index in [4.69, 9.17) is 0 Å². The topological polar surface area (TPSA) is 59.8 Å². The lowest BCUT2D eigenvalue weighted by molar-refractivity contribution is -0.115. The van der Waals surface area contributed by atoms with Gasteiger partial charge in [0.05, 0.1) is 29.4 Å². The molecule has 6 heteroatoms. The predicted octanol–water partition coefficient (Wildman–Crippen LogP) is 5.31. The molecule has 0 unspecified atom stereocenters. The summed E-state index contributed by atoms with van der Waals surface area (Å²) in [6.45, 7) is 4.06. The van der Waals surface area contributed by atoms with E-state index in [1.54, 1.807) is 17.5 Å². The summed E-state index contributed by atoms with van der Waals surface area (Å²) in [6.07, 6.45) is 8.14. The molecular weight excluding hydrogens is 368 g/mol. The molecule has 0 radical (unpaired) electrons. The first-order chi connectivity index (χ1) is 13.6. The second kappa shape index (κ2) is 8.27. The van der Waals surface area contributed by atoms with Crippen molar-refractivity contribution in [2.24, 2.45) is 0 Å². The molecule has 2 aromatic heterocycles. The number of anilines is 1. The molecule has 4 rings (SSSR count). The number of aryl methyl sites for hydroxylation is 2. The minimum Gasteiger partial charge on any atom is -0.311 e. The van der Waals surface area contributed by atoms with Crippen LogP contribution >= 0.6 is 11.3 Å². The lowest BCUT2D eigenvalue weighted by atomic mass is 9.96. The third-order valence-electron chi connectivity index (χ3n) is 5.31. The molecule has 1 saturated carbocycles. The normalized spacial score (nSPS) is 14.9. The highest BCUT2D eigenvalue weighted by Gasteiger charge is 2.20. The standard InChI is InChI=1S/C22H26N4OS/c1-15-8-10-17(11-9-15)22-19(28-16(2)24-22)14-21(27)25-20-12-13-23-26(20)18-6-4-3-5-7-18/h8-13,18H,3-7,14H2,1-2H3,(H,25,27). The van der Waals surface area contributed by atoms with Crippen molar-refractivity contribution in [3.8, 4) is 11.3 Å². The van der Waals surface area contributed by atoms with Crippen molar-refractivity contribution in [3.05, 3.63) is 52.0 Å². The molecule has 1 aliphatic carbocycles. The van der Waals surface area contributed by atoms with Crippen LogP contribution in [0.2, 0.25) is 0 Å². The fraction of sp³-hybridized carbons (Fsp3) is 0.409. The smallest absolute Gasteiger partial charge is 0.230 e. The molecule has 1 fully saturated rings. The maximum atomic E-state index is 12.8. The Labute approximate surface area is 169 Å². The van der Waals surface area contributed by atoms with Crippen LogP contribution in [0.5, 0.6) is 0 Å². The summed E-state index contributed by atoms with van der Waals surface area (Å²) in [7, 11) is 0. The molecular formula is C22H26N4OS. The largest absolute Gasteiger partial charge is 0.311 e. The number of amides is 1. The number of carbonyl (C=O) groups is 1. The summed E-state index contributed by atoms with van der Waals surface area (Å²) in [5.74, 6) is 0.782. The van der Waals surface area contributed by atoms with E-state index in [1.807, 2.05) is 17.7 Å². The van der Waals surface area contributed by atoms with Crippen LogP contribution in [0.4, 0.5) is 5.82 Å². The third kappa shape index (κ3) is 4.17. The van der Waals surface area contributed by atoms with Gasteiger partial charge < -0.3 is 5.32 Å². The number of hydrogen-bond acceptors (Lipinski definition) is 4. The summed E-state index contributed by atoms with van der Waals surface area (Å²) in [5, 5.41) is 8.52. The average molecular weight is 395 g/mol. The van der Waals surface area contributed by atoms with E-state index < -0.39 is 0 Å². The number of benzene rings is 1. The van der Waals surface area contributed by atoms with Gasteiger partial charge in [-0.2, -0.15) is 5.10 Å². The van der Waals surface area contributed by atoms with Crippen molar-refractivity contribution in [1.82, 2.24) is 14.8 Å². The Morgan fingerprint density at radius 1 is 1.14 bits per heavy atom. The zero-order chi connectivity index (χ0) is 19.5. The number of nitrogens with one attached hydrogen (secondary N) is 1. The Morgan fingerprint density at radius 2 is 1.89 bits per heavy atom. The van der Waals surface area contributed by atoms with Gasteiger partial charge in [0.25, 0.3) is 0 Å². The fourth-order valence-electron chi connectivity index (χ4n) is 3.89. The van der Waals surface area contributed by atoms with Crippen LogP contribution < -0.4 is 5.32 Å². The zero-order valence-electron chi connectivity index (χ0n) is 16.4. The van der Waals surface area contributed by atoms with E-state index in [2.05, 4.69) is 46.6 Å². The maximum Gasteiger partial charge on any atom is 0.230 e. The Balaban J connectivity index is 1.49. The summed E-state index contributed by atoms with van der Waals surface area (Å²) < 4.78 is 2.00. The van der Waals surface area contributed by atoms with Gasteiger partial charge in [-0.25, -0.2) is 9.67 Å². The highest BCUT2D eigenvalue weighted by molar-refractivity contribution is 7.12. The molecule has 1 aliphatic rings. The SMILES string of the molecule is Cc1ccc(-c2nc(C)sc2CC(=O)Nc2ccnn2C2CCCCC2)cc1. The molecule has 1 aromatic carbocycles. The third-order valence-corrected chi connectivity index (χ3v) is 6.28. The van der Waals surface area contributed by atoms with Gasteiger partial charge in [-0.15, -0.1) is 11.3 Å². The molecule has 5 nitrogen and oxygen atoms in total. The van der Waals surface area contributed by atoms with E-state index in [-0.39, 0.29) is 5.91 Å². The predicted molar refractivity (Wildman–Crippen MR) is 114 cm³/mol. The molecule has 3 aromatic rings. The van der Waals surface area contributed by atoms with Crippen LogP contribution in [-0.4, -0.2) is 20.7 Å². The minimum absolute atomic E-state index is 0.0189. The van der Waals surface area contributed by atoms with Gasteiger partial charge in [-0.05, 0) is 26.7 Å². The quantitative estimate of drug-likeness (QED) is 0.638. The van der Waals surface area contributed by atoms with Crippen LogP contribution in [0.1, 0.15) is 53.6 Å². The van der Waals surface area contributed by atoms with E-state index in [0.29, 0.717) is 12.5 Å². The number of nitrogens with zero attached hydrogens (tertiary/aromatic N) is 3. The number of thiazole rings is 1. The van der Waals surface area contributed by atoms with Crippen molar-refractivity contribution in [3.63, 3.8) is 0 Å². The van der Waals surface area contributed by atoms with Crippen molar-refractivity contribution in [1.29, 1.82) is 0 Å². The van der Waals surface area contributed by atoms with Gasteiger partial charge in [0, 0.05) is 16.5 Å². The van der Waals surface area contributed by atoms with Crippen LogP contribution in [0.15, 0.2) is 36.5 Å². The van der Waals surface area contributed by atoms with Gasteiger partial charge in [0.15, 0.2) is 0 Å². The highest BCUT2D eigenvalue weighted by Crippen LogP contribution is 2.31. The second-order valence-corrected chi connectivity index (χ2v) is 8.84. The molecule has 0 spiro atoms. The number of aromatic nitrogens is 3. The molecule has 1 amide bonds. The molecule has 0 saturated heterocycles. The van der Waals surface area contributed by atoms with Crippen molar-refractivity contribution in [2.45, 2.75) is 58.4 Å². The van der Waals surface area contributed by atoms with Gasteiger partial charge in [-0.3, -0.25) is 4.79 Å². The fourth-order valence-corrected chi connectivity index (χ4v) is 4.85. The number of hydrogen-bond donors (Lipinski definition) is 1. The maximum absolute atomic E-state index is 12.8. The van der Waals surface area contributed by atoms with Crippen LogP contribution in [0.25, 0.3) is 11.3 Å². The van der Waals surface area contributed by atoms with Crippen LogP contribution in [0, 0.1) is 13.8 Å². The van der Waals surface area contributed by atoms with Gasteiger partial charge in [-0.1, -0.05) is 49.1 Å². The molecule has 0 atom stereocenters. The second-order valence-electron chi connectivity index (χ2n) is 7.55. The Bertz CT molecular complexity index is 951. The minimum atomic E-state index is -0.0189. The lowest BCUT2D eigenvalue weighted by Crippen LogP contribution is -2.21. The molecule has 1 N–H and O–H groups in total. The van der Waals surface area contributed by atoms with Crippen molar-refractivity contribution < 1.29 is 4.79 Å². The van der Waals surface area contributed by atoms with Crippen molar-refractivity contribution >= 4 is 23.1 Å². The Hall–Kier alpha value is -2.47. The summed E-state index contributed by atoms with van der Waals surface area (Å²) in [4.78, 5) is 18.5. The van der Waals surface area contributed by atoms with Gasteiger partial charge in [0.2, 0.25) is 5.91 Å². The van der Waals surface area contributed by atoms with E-state index in [0.717, 1.165) is 39.8 Å². The van der Waals surface area contributed by atoms with E-state index >= 15 is 0 Å². The number of rotatable bonds is 5. The first-order valence-corrected chi connectivity index (χ1v) is 10.8. The molecule has 146 valence electrons. The summed E-state index contributed by atoms with van der Waals surface area (Å²) in [5.41, 5.74) is 3.19. The average Bonchev–Trinajstić information content (AvgIpc) is 3.29. The van der Waals surface area contributed by atoms with Gasteiger partial charge >= 0.3 is 0 Å². The zero-order valence-corrected chi connectivity index (χ0v) is 17.3. The monoisotopic (exact) mass is 394 g/mol. The Morgan fingerprint density at radius 3 is 2.64 bits per heavy atom. The molecule has 2 heterocycles. The Kier molecular flexibility index (Phi) is 5.57. The first kappa shape index (κ1) is 18.9. The number of carbonyl (C=O) groups excluding carboxylic acids is 1. The van der Waals surface area contributed by atoms with Gasteiger partial charge in [0.1, 0.15) is 5.82 Å². The highest BCUT2D eigenvalue weighted by atomic mass is 32.1. The molecule has 0 bridgehead atoms. The first-order valence-electron chi connectivity index (χ1n) is 9.97. The van der Waals surface area contributed by atoms with E-state index in [9.17, 15) is 4.79 Å². The van der Waals surface area contributed by atoms with Crippen LogP contribution in [-0.2, 0) is 11.2 Å². The van der Waals surface area contributed by atoms with Crippen LogP contribution in [0.3, 0.4) is 0 Å². The van der Waals surface area contributed by atoms with Crippen molar-refractivity contribution in [2.75, 3.05) is 5.32 Å². The lowest BCUT2D eigenvalue weighted by Gasteiger charge is -2.23. The summed E-state index contributed by atoms with van der Waals surface area (Å²) >= 11 is 1.59. The summed E-state index contributed by atoms with van der Waals surface area (Å²) in [6, 6.07) is 10.6. The molecule has 0 aliphatic heterocycles.